The third-order valence-corrected chi connectivity index (χ3v) is 4.60. The lowest BCUT2D eigenvalue weighted by molar-refractivity contribution is 0.0793. The number of nitrogens with zero attached hydrogens (tertiary/aromatic N) is 1. The number of hydrogen-bond acceptors (Lipinski definition) is 2. The number of carbonyl (C=O) groups excluding carboxylic acids is 1. The van der Waals surface area contributed by atoms with Gasteiger partial charge in [0.15, 0.2) is 5.11 Å². The maximum atomic E-state index is 12.3. The second-order valence-corrected chi connectivity index (χ2v) is 6.78. The highest BCUT2D eigenvalue weighted by Crippen LogP contribution is 2.15. The summed E-state index contributed by atoms with van der Waals surface area (Å²) in [5.41, 5.74) is 4.03. The van der Waals surface area contributed by atoms with E-state index < -0.39 is 0 Å². The first-order valence-corrected chi connectivity index (χ1v) is 9.02. The molecule has 4 nitrogen and oxygen atoms in total. The van der Waals surface area contributed by atoms with Gasteiger partial charge in [-0.15, -0.1) is 0 Å². The zero-order valence-corrected chi connectivity index (χ0v) is 15.2. The van der Waals surface area contributed by atoms with Gasteiger partial charge in [-0.2, -0.15) is 0 Å². The Labute approximate surface area is 154 Å². The molecule has 1 fully saturated rings. The van der Waals surface area contributed by atoms with E-state index in [9.17, 15) is 4.79 Å². The van der Waals surface area contributed by atoms with E-state index in [2.05, 4.69) is 41.8 Å². The standard InChI is InChI=1S/C20H23N3OS/c1-15-4-6-16(7-5-15)14-21-20(25)22-18-10-8-17(9-11-18)19(24)23-12-2-3-13-23/h4-11H,2-3,12-14H2,1H3,(H2,21,22,25). The number of likely N-dealkylation sites (tertiary alicyclic amines) is 1. The Morgan fingerprint density at radius 1 is 1.04 bits per heavy atom. The van der Waals surface area contributed by atoms with Crippen LogP contribution in [0.3, 0.4) is 0 Å². The zero-order valence-electron chi connectivity index (χ0n) is 14.4. The van der Waals surface area contributed by atoms with E-state index in [1.165, 1.54) is 11.1 Å². The molecule has 2 aromatic carbocycles. The average Bonchev–Trinajstić information content (AvgIpc) is 3.16. The van der Waals surface area contributed by atoms with E-state index in [4.69, 9.17) is 12.2 Å². The molecule has 0 aromatic heterocycles. The number of nitrogens with one attached hydrogen (secondary N) is 2. The summed E-state index contributed by atoms with van der Waals surface area (Å²) in [5.74, 6) is 0.115. The average molecular weight is 353 g/mol. The van der Waals surface area contributed by atoms with Crippen molar-refractivity contribution in [1.82, 2.24) is 10.2 Å². The summed E-state index contributed by atoms with van der Waals surface area (Å²) in [5, 5.41) is 6.92. The molecule has 0 radical (unpaired) electrons. The van der Waals surface area contributed by atoms with E-state index in [1.807, 2.05) is 29.2 Å². The summed E-state index contributed by atoms with van der Waals surface area (Å²) in [7, 11) is 0. The van der Waals surface area contributed by atoms with Gasteiger partial charge in [-0.25, -0.2) is 0 Å². The molecule has 0 saturated carbocycles. The highest BCUT2D eigenvalue weighted by Gasteiger charge is 2.19. The summed E-state index contributed by atoms with van der Waals surface area (Å²) in [6.45, 7) is 4.48. The van der Waals surface area contributed by atoms with Crippen molar-refractivity contribution in [3.8, 4) is 0 Å². The number of rotatable bonds is 4. The molecule has 0 unspecified atom stereocenters. The Morgan fingerprint density at radius 3 is 2.32 bits per heavy atom. The van der Waals surface area contributed by atoms with Crippen molar-refractivity contribution >= 4 is 28.9 Å². The molecule has 1 saturated heterocycles. The SMILES string of the molecule is Cc1ccc(CNC(=S)Nc2ccc(C(=O)N3CCCC3)cc2)cc1. The van der Waals surface area contributed by atoms with Crippen LogP contribution < -0.4 is 10.6 Å². The highest BCUT2D eigenvalue weighted by molar-refractivity contribution is 7.80. The minimum absolute atomic E-state index is 0.115. The Balaban J connectivity index is 1.51. The lowest BCUT2D eigenvalue weighted by Crippen LogP contribution is -2.28. The molecule has 1 aliphatic rings. The molecule has 1 amide bonds. The predicted octanol–water partition coefficient (Wildman–Crippen LogP) is 3.72. The Kier molecular flexibility index (Phi) is 5.66. The minimum Gasteiger partial charge on any atom is -0.358 e. The van der Waals surface area contributed by atoms with Crippen LogP contribution in [-0.4, -0.2) is 29.0 Å². The fraction of sp³-hybridized carbons (Fsp3) is 0.300. The smallest absolute Gasteiger partial charge is 0.253 e. The normalized spacial score (nSPS) is 13.6. The van der Waals surface area contributed by atoms with Gasteiger partial charge in [-0.3, -0.25) is 4.79 Å². The monoisotopic (exact) mass is 353 g/mol. The van der Waals surface area contributed by atoms with Gasteiger partial charge < -0.3 is 15.5 Å². The summed E-state index contributed by atoms with van der Waals surface area (Å²) < 4.78 is 0. The van der Waals surface area contributed by atoms with Gasteiger partial charge in [0, 0.05) is 30.9 Å². The molecule has 2 N–H and O–H groups in total. The van der Waals surface area contributed by atoms with Gasteiger partial charge in [-0.05, 0) is 61.8 Å². The lowest BCUT2D eigenvalue weighted by Gasteiger charge is -2.15. The second-order valence-electron chi connectivity index (χ2n) is 6.37. The van der Waals surface area contributed by atoms with Crippen molar-refractivity contribution in [3.63, 3.8) is 0 Å². The van der Waals surface area contributed by atoms with Gasteiger partial charge in [0.05, 0.1) is 0 Å². The van der Waals surface area contributed by atoms with Crippen molar-refractivity contribution in [2.45, 2.75) is 26.3 Å². The van der Waals surface area contributed by atoms with Crippen molar-refractivity contribution in [2.75, 3.05) is 18.4 Å². The van der Waals surface area contributed by atoms with Gasteiger partial charge in [0.1, 0.15) is 0 Å². The molecule has 130 valence electrons. The van der Waals surface area contributed by atoms with Crippen molar-refractivity contribution in [1.29, 1.82) is 0 Å². The van der Waals surface area contributed by atoms with Crippen molar-refractivity contribution < 1.29 is 4.79 Å². The van der Waals surface area contributed by atoms with Crippen molar-refractivity contribution in [2.24, 2.45) is 0 Å². The molecule has 0 spiro atoms. The van der Waals surface area contributed by atoms with Crippen LogP contribution in [0.15, 0.2) is 48.5 Å². The maximum absolute atomic E-state index is 12.3. The third kappa shape index (κ3) is 4.79. The number of amides is 1. The zero-order chi connectivity index (χ0) is 17.6. The Hall–Kier alpha value is -2.40. The van der Waals surface area contributed by atoms with Gasteiger partial charge in [-0.1, -0.05) is 29.8 Å². The first kappa shape index (κ1) is 17.4. The van der Waals surface area contributed by atoms with Crippen LogP contribution in [0.4, 0.5) is 5.69 Å². The van der Waals surface area contributed by atoms with Crippen LogP contribution in [-0.2, 0) is 6.54 Å². The molecule has 1 aliphatic heterocycles. The first-order valence-electron chi connectivity index (χ1n) is 8.61. The summed E-state index contributed by atoms with van der Waals surface area (Å²) >= 11 is 5.34. The van der Waals surface area contributed by atoms with Crippen LogP contribution in [0.25, 0.3) is 0 Å². The highest BCUT2D eigenvalue weighted by atomic mass is 32.1. The Bertz CT molecular complexity index is 735. The molecule has 0 atom stereocenters. The van der Waals surface area contributed by atoms with Gasteiger partial charge in [0.25, 0.3) is 5.91 Å². The quantitative estimate of drug-likeness (QED) is 0.823. The first-order chi connectivity index (χ1) is 12.1. The summed E-state index contributed by atoms with van der Waals surface area (Å²) in [4.78, 5) is 14.2. The fourth-order valence-corrected chi connectivity index (χ4v) is 3.05. The molecule has 25 heavy (non-hydrogen) atoms. The molecule has 5 heteroatoms. The van der Waals surface area contributed by atoms with Gasteiger partial charge in [0.2, 0.25) is 0 Å². The molecule has 0 bridgehead atoms. The predicted molar refractivity (Wildman–Crippen MR) is 106 cm³/mol. The van der Waals surface area contributed by atoms with Crippen molar-refractivity contribution in [3.05, 3.63) is 65.2 Å². The van der Waals surface area contributed by atoms with E-state index in [0.717, 1.165) is 37.2 Å². The molecular formula is C20H23N3OS. The molecular weight excluding hydrogens is 330 g/mol. The van der Waals surface area contributed by atoms with Crippen LogP contribution in [0.5, 0.6) is 0 Å². The van der Waals surface area contributed by atoms with Crippen LogP contribution in [0, 0.1) is 6.92 Å². The Morgan fingerprint density at radius 2 is 1.68 bits per heavy atom. The molecule has 2 aromatic rings. The number of anilines is 1. The maximum Gasteiger partial charge on any atom is 0.253 e. The lowest BCUT2D eigenvalue weighted by atomic mass is 10.1. The van der Waals surface area contributed by atoms with Crippen LogP contribution >= 0.6 is 12.2 Å². The van der Waals surface area contributed by atoms with Crippen LogP contribution in [0.1, 0.15) is 34.3 Å². The van der Waals surface area contributed by atoms with E-state index in [1.54, 1.807) is 0 Å². The van der Waals surface area contributed by atoms with E-state index >= 15 is 0 Å². The topological polar surface area (TPSA) is 44.4 Å². The number of hydrogen-bond donors (Lipinski definition) is 2. The van der Waals surface area contributed by atoms with E-state index in [0.29, 0.717) is 11.7 Å². The molecule has 1 heterocycles. The number of carbonyl (C=O) groups is 1. The van der Waals surface area contributed by atoms with Crippen LogP contribution in [0.2, 0.25) is 0 Å². The molecule has 3 rings (SSSR count). The number of benzene rings is 2. The minimum atomic E-state index is 0.115. The fourth-order valence-electron chi connectivity index (χ4n) is 2.86. The largest absolute Gasteiger partial charge is 0.358 e. The number of aryl methyl sites for hydroxylation is 1. The second kappa shape index (κ2) is 8.12. The summed E-state index contributed by atoms with van der Waals surface area (Å²) in [6, 6.07) is 15.8. The van der Waals surface area contributed by atoms with E-state index in [-0.39, 0.29) is 5.91 Å². The third-order valence-electron chi connectivity index (χ3n) is 4.36. The summed E-state index contributed by atoms with van der Waals surface area (Å²) in [6.07, 6.45) is 2.21. The molecule has 0 aliphatic carbocycles. The number of thiocarbonyl (C=S) groups is 1. The van der Waals surface area contributed by atoms with Gasteiger partial charge >= 0.3 is 0 Å².